The number of rotatable bonds is 4. The minimum atomic E-state index is -3.37. The van der Waals surface area contributed by atoms with Crippen LogP contribution in [0.5, 0.6) is 0 Å². The van der Waals surface area contributed by atoms with Gasteiger partial charge in [0.2, 0.25) is 5.91 Å². The van der Waals surface area contributed by atoms with Crippen LogP contribution in [0.3, 0.4) is 0 Å². The summed E-state index contributed by atoms with van der Waals surface area (Å²) in [6, 6.07) is 8.76. The van der Waals surface area contributed by atoms with Gasteiger partial charge in [-0.15, -0.1) is 0 Å². The Balaban J connectivity index is 1.78. The maximum absolute atomic E-state index is 13.0. The average Bonchev–Trinajstić information content (AvgIpc) is 3.29. The van der Waals surface area contributed by atoms with Gasteiger partial charge in [0.1, 0.15) is 5.82 Å². The van der Waals surface area contributed by atoms with Gasteiger partial charge in [-0.2, -0.15) is 0 Å². The lowest BCUT2D eigenvalue weighted by molar-refractivity contribution is -0.118. The molecule has 0 atom stereocenters. The van der Waals surface area contributed by atoms with Gasteiger partial charge >= 0.3 is 0 Å². The predicted octanol–water partition coefficient (Wildman–Crippen LogP) is 2.29. The fraction of sp³-hybridized carbons (Fsp3) is 0.250. The second-order valence-corrected chi connectivity index (χ2v) is 7.66. The lowest BCUT2D eigenvalue weighted by Crippen LogP contribution is -2.27. The van der Waals surface area contributed by atoms with Gasteiger partial charge in [0.25, 0.3) is 0 Å². The second-order valence-electron chi connectivity index (χ2n) is 5.70. The van der Waals surface area contributed by atoms with Gasteiger partial charge < -0.3 is 5.32 Å². The van der Waals surface area contributed by atoms with Gasteiger partial charge in [-0.25, -0.2) is 17.8 Å². The Morgan fingerprint density at radius 2 is 1.83 bits per heavy atom. The molecular formula is C16H15FN2O3S. The zero-order valence-corrected chi connectivity index (χ0v) is 13.2. The third kappa shape index (κ3) is 3.10. The number of hydrogen-bond acceptors (Lipinski definition) is 4. The number of nitrogens with one attached hydrogen (secondary N) is 1. The molecule has 0 unspecified atom stereocenters. The number of pyridine rings is 1. The van der Waals surface area contributed by atoms with Gasteiger partial charge in [0.05, 0.1) is 17.3 Å². The Hall–Kier alpha value is -2.28. The lowest BCUT2D eigenvalue weighted by atomic mass is 9.95. The summed E-state index contributed by atoms with van der Waals surface area (Å²) in [5.41, 5.74) is 0.566. The monoisotopic (exact) mass is 334 g/mol. The highest BCUT2D eigenvalue weighted by molar-refractivity contribution is 7.90. The highest BCUT2D eigenvalue weighted by Gasteiger charge is 2.51. The van der Waals surface area contributed by atoms with E-state index in [0.717, 1.165) is 11.8 Å². The Labute approximate surface area is 133 Å². The van der Waals surface area contributed by atoms with Crippen LogP contribution in [0.25, 0.3) is 0 Å². The van der Waals surface area contributed by atoms with E-state index in [1.165, 1.54) is 30.5 Å². The Kier molecular flexibility index (Phi) is 3.68. The normalized spacial score (nSPS) is 15.9. The smallest absolute Gasteiger partial charge is 0.235 e. The van der Waals surface area contributed by atoms with E-state index in [2.05, 4.69) is 10.3 Å². The molecule has 3 rings (SSSR count). The van der Waals surface area contributed by atoms with Crippen LogP contribution in [0.2, 0.25) is 0 Å². The maximum Gasteiger partial charge on any atom is 0.235 e. The van der Waals surface area contributed by atoms with Gasteiger partial charge in [-0.3, -0.25) is 4.79 Å². The number of anilines is 1. The molecule has 1 saturated carbocycles. The first-order valence-corrected chi connectivity index (χ1v) is 8.94. The molecule has 1 fully saturated rings. The van der Waals surface area contributed by atoms with Crippen LogP contribution in [0, 0.1) is 5.82 Å². The molecule has 2 aromatic rings. The summed E-state index contributed by atoms with van der Waals surface area (Å²) in [6.07, 6.45) is 3.77. The minimum absolute atomic E-state index is 0.0461. The summed E-state index contributed by atoms with van der Waals surface area (Å²) in [5.74, 6) is -0.538. The van der Waals surface area contributed by atoms with Crippen LogP contribution in [-0.2, 0) is 20.0 Å². The molecular weight excluding hydrogens is 319 g/mol. The molecule has 7 heteroatoms. The molecule has 0 spiro atoms. The molecule has 1 amide bonds. The van der Waals surface area contributed by atoms with Crippen LogP contribution in [-0.4, -0.2) is 25.6 Å². The average molecular weight is 334 g/mol. The lowest BCUT2D eigenvalue weighted by Gasteiger charge is -2.15. The number of nitrogens with zero attached hydrogens (tertiary/aromatic N) is 1. The quantitative estimate of drug-likeness (QED) is 0.931. The van der Waals surface area contributed by atoms with Crippen LogP contribution in [0.15, 0.2) is 47.6 Å². The van der Waals surface area contributed by atoms with Crippen molar-refractivity contribution >= 4 is 21.4 Å². The summed E-state index contributed by atoms with van der Waals surface area (Å²) in [4.78, 5) is 16.4. The molecule has 0 saturated heterocycles. The van der Waals surface area contributed by atoms with Crippen molar-refractivity contribution in [1.82, 2.24) is 4.98 Å². The van der Waals surface area contributed by atoms with Crippen LogP contribution in [0.4, 0.5) is 10.1 Å². The summed E-state index contributed by atoms with van der Waals surface area (Å²) in [7, 11) is -3.37. The van der Waals surface area contributed by atoms with E-state index < -0.39 is 15.3 Å². The third-order valence-electron chi connectivity index (χ3n) is 3.96. The molecule has 1 aromatic carbocycles. The van der Waals surface area contributed by atoms with Gasteiger partial charge in [-0.05, 0) is 42.7 Å². The molecule has 0 radical (unpaired) electrons. The largest absolute Gasteiger partial charge is 0.324 e. The second kappa shape index (κ2) is 5.42. The number of carbonyl (C=O) groups is 1. The number of amides is 1. The molecule has 120 valence electrons. The molecule has 1 aromatic heterocycles. The maximum atomic E-state index is 13.0. The molecule has 23 heavy (non-hydrogen) atoms. The summed E-state index contributed by atoms with van der Waals surface area (Å²) in [5, 5.41) is 2.70. The molecule has 0 aliphatic heterocycles. The number of sulfone groups is 1. The van der Waals surface area contributed by atoms with Crippen LogP contribution < -0.4 is 5.32 Å². The van der Waals surface area contributed by atoms with E-state index >= 15 is 0 Å². The summed E-state index contributed by atoms with van der Waals surface area (Å²) >= 11 is 0. The predicted molar refractivity (Wildman–Crippen MR) is 83.3 cm³/mol. The van der Waals surface area contributed by atoms with Crippen molar-refractivity contribution in [2.75, 3.05) is 11.6 Å². The van der Waals surface area contributed by atoms with E-state index in [1.54, 1.807) is 12.1 Å². The molecule has 1 aliphatic rings. The number of hydrogen-bond donors (Lipinski definition) is 1. The van der Waals surface area contributed by atoms with E-state index in [-0.39, 0.29) is 16.8 Å². The highest BCUT2D eigenvalue weighted by Crippen LogP contribution is 2.49. The standard InChI is InChI=1S/C16H15FN2O3S/c1-23(21,22)14-7-6-13(10-18-14)19-15(20)16(8-9-16)11-2-4-12(17)5-3-11/h2-7,10H,8-9H2,1H3,(H,19,20). The van der Waals surface area contributed by atoms with Gasteiger partial charge in [0.15, 0.2) is 14.9 Å². The van der Waals surface area contributed by atoms with Gasteiger partial charge in [0, 0.05) is 6.26 Å². The van der Waals surface area contributed by atoms with Crippen LogP contribution in [0.1, 0.15) is 18.4 Å². The first-order valence-electron chi connectivity index (χ1n) is 7.05. The Morgan fingerprint density at radius 1 is 1.17 bits per heavy atom. The summed E-state index contributed by atoms with van der Waals surface area (Å²) in [6.45, 7) is 0. The molecule has 1 N–H and O–H groups in total. The fourth-order valence-corrected chi connectivity index (χ4v) is 3.02. The molecule has 0 bridgehead atoms. The number of halogens is 1. The topological polar surface area (TPSA) is 76.1 Å². The zero-order chi connectivity index (χ0) is 16.7. The summed E-state index contributed by atoms with van der Waals surface area (Å²) < 4.78 is 35.8. The first-order chi connectivity index (χ1) is 10.8. The van der Waals surface area contributed by atoms with E-state index in [4.69, 9.17) is 0 Å². The third-order valence-corrected chi connectivity index (χ3v) is 4.96. The SMILES string of the molecule is CS(=O)(=O)c1ccc(NC(=O)C2(c3ccc(F)cc3)CC2)cn1. The molecule has 1 aliphatic carbocycles. The first kappa shape index (κ1) is 15.6. The van der Waals surface area contributed by atoms with Crippen molar-refractivity contribution in [1.29, 1.82) is 0 Å². The van der Waals surface area contributed by atoms with E-state index in [1.807, 2.05) is 0 Å². The fourth-order valence-electron chi connectivity index (χ4n) is 2.47. The number of benzene rings is 1. The number of aromatic nitrogens is 1. The van der Waals surface area contributed by atoms with E-state index in [0.29, 0.717) is 18.5 Å². The Morgan fingerprint density at radius 3 is 2.30 bits per heavy atom. The van der Waals surface area contributed by atoms with Crippen LogP contribution >= 0.6 is 0 Å². The van der Waals surface area contributed by atoms with Crippen molar-refractivity contribution in [3.63, 3.8) is 0 Å². The minimum Gasteiger partial charge on any atom is -0.324 e. The number of carbonyl (C=O) groups excluding carboxylic acids is 1. The van der Waals surface area contributed by atoms with E-state index in [9.17, 15) is 17.6 Å². The van der Waals surface area contributed by atoms with Gasteiger partial charge in [-0.1, -0.05) is 12.1 Å². The Bertz CT molecular complexity index is 842. The zero-order valence-electron chi connectivity index (χ0n) is 12.4. The van der Waals surface area contributed by atoms with Crippen molar-refractivity contribution in [2.24, 2.45) is 0 Å². The van der Waals surface area contributed by atoms with Crippen molar-refractivity contribution in [3.8, 4) is 0 Å². The van der Waals surface area contributed by atoms with Crippen molar-refractivity contribution in [2.45, 2.75) is 23.3 Å². The van der Waals surface area contributed by atoms with Crippen molar-refractivity contribution < 1.29 is 17.6 Å². The van der Waals surface area contributed by atoms with Crippen molar-refractivity contribution in [3.05, 3.63) is 54.0 Å². The molecule has 1 heterocycles. The molecule has 5 nitrogen and oxygen atoms in total. The highest BCUT2D eigenvalue weighted by atomic mass is 32.2.